The van der Waals surface area contributed by atoms with Gasteiger partial charge in [-0.15, -0.1) is 0 Å². The molecule has 2 aliphatic heterocycles. The number of morpholine rings is 1. The number of rotatable bonds is 11. The number of likely N-dealkylation sites (tertiary alicyclic amines) is 1. The van der Waals surface area contributed by atoms with E-state index in [1.54, 1.807) is 12.0 Å². The lowest BCUT2D eigenvalue weighted by Gasteiger charge is -2.41. The molecule has 1 aromatic heterocycles. The van der Waals surface area contributed by atoms with Crippen LogP contribution in [0.1, 0.15) is 64.4 Å². The number of hydrogen-bond donors (Lipinski definition) is 0. The Bertz CT molecular complexity index is 1260. The lowest BCUT2D eigenvalue weighted by Crippen LogP contribution is -2.54. The third-order valence-electron chi connectivity index (χ3n) is 8.22. The molecule has 2 saturated heterocycles. The molecule has 1 aromatic carbocycles. The fourth-order valence-corrected chi connectivity index (χ4v) is 6.33. The third kappa shape index (κ3) is 8.97. The van der Waals surface area contributed by atoms with E-state index in [1.165, 1.54) is 0 Å². The number of unbranched alkanes of at least 4 members (excludes halogenated alkanes) is 1. The summed E-state index contributed by atoms with van der Waals surface area (Å²) in [4.78, 5) is 46.8. The van der Waals surface area contributed by atoms with Crippen LogP contribution >= 0.6 is 0 Å². The van der Waals surface area contributed by atoms with E-state index in [2.05, 4.69) is 24.5 Å². The zero-order valence-corrected chi connectivity index (χ0v) is 27.5. The van der Waals surface area contributed by atoms with Gasteiger partial charge in [0.05, 0.1) is 19.1 Å². The highest BCUT2D eigenvalue weighted by atomic mass is 16.6. The molecule has 2 aromatic rings. The van der Waals surface area contributed by atoms with Gasteiger partial charge >= 0.3 is 6.09 Å². The van der Waals surface area contributed by atoms with E-state index >= 15 is 0 Å². The predicted molar refractivity (Wildman–Crippen MR) is 171 cm³/mol. The lowest BCUT2D eigenvalue weighted by atomic mass is 9.87. The van der Waals surface area contributed by atoms with Gasteiger partial charge < -0.3 is 33.5 Å². The average Bonchev–Trinajstić information content (AvgIpc) is 3.36. The third-order valence-corrected chi connectivity index (χ3v) is 8.22. The number of aromatic nitrogens is 1. The van der Waals surface area contributed by atoms with E-state index in [-0.39, 0.29) is 29.6 Å². The summed E-state index contributed by atoms with van der Waals surface area (Å²) in [6, 6.07) is 10.1. The van der Waals surface area contributed by atoms with Crippen molar-refractivity contribution in [1.29, 1.82) is 0 Å². The molecule has 0 aliphatic carbocycles. The molecule has 4 rings (SSSR count). The van der Waals surface area contributed by atoms with Crippen molar-refractivity contribution in [3.63, 3.8) is 0 Å². The van der Waals surface area contributed by atoms with Gasteiger partial charge in [0.15, 0.2) is 0 Å². The maximum absolute atomic E-state index is 14.4. The number of carbonyl (C=O) groups excluding carboxylic acids is 3. The summed E-state index contributed by atoms with van der Waals surface area (Å²) in [6.07, 6.45) is 2.00. The number of nitrogens with zero attached hydrogens (tertiary/aromatic N) is 4. The van der Waals surface area contributed by atoms with Crippen molar-refractivity contribution in [2.75, 3.05) is 66.2 Å². The van der Waals surface area contributed by atoms with E-state index < -0.39 is 11.7 Å². The minimum absolute atomic E-state index is 0.0212. The molecule has 10 heteroatoms. The first-order chi connectivity index (χ1) is 21.0. The van der Waals surface area contributed by atoms with Gasteiger partial charge in [0.1, 0.15) is 11.3 Å². The second-order valence-corrected chi connectivity index (χ2v) is 13.7. The minimum atomic E-state index is -0.649. The second-order valence-electron chi connectivity index (χ2n) is 13.7. The standard InChI is InChI=1S/C34H52N4O6/c1-25(2)21-36(32(40)30-20-27-11-7-8-12-29(27)38(30)13-9-10-16-42-6)22-26-19-28(31(39)35-14-17-43-18-15-35)24-37(23-26)33(41)44-34(3,4)5/h7-8,11-12,20,25-26,28H,9-10,13-19,21-24H2,1-6H3/t26?,28-/m1/s1. The van der Waals surface area contributed by atoms with Crippen LogP contribution in [0.4, 0.5) is 4.79 Å². The van der Waals surface area contributed by atoms with Crippen molar-refractivity contribution in [2.45, 2.75) is 66.0 Å². The van der Waals surface area contributed by atoms with E-state index in [0.29, 0.717) is 71.2 Å². The number of carbonyl (C=O) groups is 3. The normalized spacial score (nSPS) is 19.4. The summed E-state index contributed by atoms with van der Waals surface area (Å²) in [5.74, 6) is -0.164. The number of para-hydroxylation sites is 1. The van der Waals surface area contributed by atoms with Crippen LogP contribution in [0.25, 0.3) is 10.9 Å². The minimum Gasteiger partial charge on any atom is -0.444 e. The molecule has 0 saturated carbocycles. The van der Waals surface area contributed by atoms with Crippen LogP contribution < -0.4 is 0 Å². The van der Waals surface area contributed by atoms with Crippen LogP contribution in [0.2, 0.25) is 0 Å². The molecule has 2 fully saturated rings. The van der Waals surface area contributed by atoms with Crippen molar-refractivity contribution in [3.8, 4) is 0 Å². The molecule has 3 heterocycles. The van der Waals surface area contributed by atoms with Gasteiger partial charge in [-0.3, -0.25) is 9.59 Å². The number of fused-ring (bicyclic) bond motifs is 1. The fraction of sp³-hybridized carbons (Fsp3) is 0.676. The number of aryl methyl sites for hydroxylation is 1. The summed E-state index contributed by atoms with van der Waals surface area (Å²) in [5, 5.41) is 1.04. The van der Waals surface area contributed by atoms with Gasteiger partial charge in [-0.25, -0.2) is 4.79 Å². The van der Waals surface area contributed by atoms with Gasteiger partial charge in [0.25, 0.3) is 5.91 Å². The summed E-state index contributed by atoms with van der Waals surface area (Å²) in [6.45, 7) is 15.1. The van der Waals surface area contributed by atoms with Crippen LogP contribution in [-0.2, 0) is 25.5 Å². The second kappa shape index (κ2) is 15.3. The average molecular weight is 613 g/mol. The molecule has 0 spiro atoms. The first-order valence-electron chi connectivity index (χ1n) is 16.2. The molecule has 3 amide bonds. The molecular formula is C34H52N4O6. The molecule has 2 atom stereocenters. The number of benzene rings is 1. The summed E-state index contributed by atoms with van der Waals surface area (Å²) in [5.41, 5.74) is 1.07. The molecule has 44 heavy (non-hydrogen) atoms. The fourth-order valence-electron chi connectivity index (χ4n) is 6.33. The maximum atomic E-state index is 14.4. The maximum Gasteiger partial charge on any atom is 0.410 e. The van der Waals surface area contributed by atoms with Gasteiger partial charge in [0.2, 0.25) is 5.91 Å². The van der Waals surface area contributed by atoms with E-state index in [4.69, 9.17) is 14.2 Å². The Balaban J connectivity index is 1.60. The van der Waals surface area contributed by atoms with Crippen molar-refractivity contribution < 1.29 is 28.6 Å². The highest BCUT2D eigenvalue weighted by molar-refractivity contribution is 5.98. The Morgan fingerprint density at radius 1 is 1.05 bits per heavy atom. The van der Waals surface area contributed by atoms with E-state index in [9.17, 15) is 14.4 Å². The number of ether oxygens (including phenoxy) is 3. The van der Waals surface area contributed by atoms with E-state index in [1.807, 2.05) is 54.8 Å². The summed E-state index contributed by atoms with van der Waals surface area (Å²) in [7, 11) is 1.71. The molecule has 0 bridgehead atoms. The highest BCUT2D eigenvalue weighted by Crippen LogP contribution is 2.29. The number of hydrogen-bond acceptors (Lipinski definition) is 6. The Morgan fingerprint density at radius 2 is 1.77 bits per heavy atom. The first kappa shape index (κ1) is 33.8. The number of amides is 3. The zero-order chi connectivity index (χ0) is 31.9. The highest BCUT2D eigenvalue weighted by Gasteiger charge is 2.39. The van der Waals surface area contributed by atoms with Gasteiger partial charge in [0, 0.05) is 70.4 Å². The van der Waals surface area contributed by atoms with Crippen molar-refractivity contribution >= 4 is 28.8 Å². The Hall–Kier alpha value is -3.11. The van der Waals surface area contributed by atoms with Crippen LogP contribution in [-0.4, -0.2) is 109 Å². The summed E-state index contributed by atoms with van der Waals surface area (Å²) >= 11 is 0. The van der Waals surface area contributed by atoms with Crippen molar-refractivity contribution in [3.05, 3.63) is 36.0 Å². The lowest BCUT2D eigenvalue weighted by molar-refractivity contribution is -0.142. The molecule has 1 unspecified atom stereocenters. The van der Waals surface area contributed by atoms with Crippen LogP contribution in [0.15, 0.2) is 30.3 Å². The van der Waals surface area contributed by atoms with Crippen LogP contribution in [0.5, 0.6) is 0 Å². The smallest absolute Gasteiger partial charge is 0.410 e. The van der Waals surface area contributed by atoms with Crippen molar-refractivity contribution in [1.82, 2.24) is 19.3 Å². The monoisotopic (exact) mass is 612 g/mol. The Labute approximate surface area is 262 Å². The SMILES string of the molecule is COCCCCn1c(C(=O)N(CC(C)C)CC2C[C@@H](C(=O)N3CCOCC3)CN(C(=O)OC(C)(C)C)C2)cc2ccccc21. The number of methoxy groups -OCH3 is 1. The topological polar surface area (TPSA) is 93.5 Å². The summed E-state index contributed by atoms with van der Waals surface area (Å²) < 4.78 is 18.6. The molecule has 0 N–H and O–H groups in total. The van der Waals surface area contributed by atoms with Crippen molar-refractivity contribution in [2.24, 2.45) is 17.8 Å². The molecular weight excluding hydrogens is 560 g/mol. The van der Waals surface area contributed by atoms with Crippen LogP contribution in [0.3, 0.4) is 0 Å². The molecule has 244 valence electrons. The molecule has 0 radical (unpaired) electrons. The van der Waals surface area contributed by atoms with Gasteiger partial charge in [-0.1, -0.05) is 32.0 Å². The Morgan fingerprint density at radius 3 is 2.45 bits per heavy atom. The largest absolute Gasteiger partial charge is 0.444 e. The molecule has 10 nitrogen and oxygen atoms in total. The van der Waals surface area contributed by atoms with Crippen LogP contribution in [0, 0.1) is 17.8 Å². The predicted octanol–water partition coefficient (Wildman–Crippen LogP) is 4.90. The van der Waals surface area contributed by atoms with Gasteiger partial charge in [-0.2, -0.15) is 0 Å². The number of piperidine rings is 1. The van der Waals surface area contributed by atoms with E-state index in [0.717, 1.165) is 30.3 Å². The Kier molecular flexibility index (Phi) is 11.7. The quantitative estimate of drug-likeness (QED) is 0.335. The van der Waals surface area contributed by atoms with Gasteiger partial charge in [-0.05, 0) is 64.0 Å². The molecule has 2 aliphatic rings. The first-order valence-corrected chi connectivity index (χ1v) is 16.2. The zero-order valence-electron chi connectivity index (χ0n) is 27.5.